The van der Waals surface area contributed by atoms with E-state index in [1.807, 2.05) is 31.2 Å². The van der Waals surface area contributed by atoms with E-state index in [9.17, 15) is 9.59 Å². The van der Waals surface area contributed by atoms with E-state index in [2.05, 4.69) is 9.97 Å². The van der Waals surface area contributed by atoms with Crippen molar-refractivity contribution in [1.29, 1.82) is 0 Å². The van der Waals surface area contributed by atoms with E-state index in [4.69, 9.17) is 0 Å². The third kappa shape index (κ3) is 2.04. The maximum absolute atomic E-state index is 11.1. The number of benzene rings is 1. The summed E-state index contributed by atoms with van der Waals surface area (Å²) in [5.74, 6) is 0. The van der Waals surface area contributed by atoms with Gasteiger partial charge in [0.05, 0.1) is 5.69 Å². The molecule has 0 aliphatic heterocycles. The highest BCUT2D eigenvalue weighted by Gasteiger charge is 1.99. The normalized spacial score (nSPS) is 10.2. The first kappa shape index (κ1) is 9.45. The second kappa shape index (κ2) is 3.57. The molecule has 0 saturated heterocycles. The van der Waals surface area contributed by atoms with Gasteiger partial charge in [0.1, 0.15) is 0 Å². The van der Waals surface area contributed by atoms with Crippen LogP contribution in [0.5, 0.6) is 0 Å². The first-order chi connectivity index (χ1) is 7.15. The van der Waals surface area contributed by atoms with E-state index in [0.29, 0.717) is 5.69 Å². The van der Waals surface area contributed by atoms with E-state index in [1.165, 1.54) is 6.07 Å². The third-order valence-electron chi connectivity index (χ3n) is 2.12. The molecule has 76 valence electrons. The predicted molar refractivity (Wildman–Crippen MR) is 57.9 cm³/mol. The molecule has 2 aromatic rings. The van der Waals surface area contributed by atoms with Crippen LogP contribution in [0.3, 0.4) is 0 Å². The molecule has 0 aliphatic rings. The van der Waals surface area contributed by atoms with Crippen LogP contribution in [-0.2, 0) is 0 Å². The maximum atomic E-state index is 11.1. The lowest BCUT2D eigenvalue weighted by molar-refractivity contribution is 1.04. The zero-order chi connectivity index (χ0) is 10.8. The molecule has 0 aliphatic carbocycles. The van der Waals surface area contributed by atoms with Gasteiger partial charge in [-0.25, -0.2) is 4.79 Å². The molecule has 0 amide bonds. The van der Waals surface area contributed by atoms with Gasteiger partial charge in [0.15, 0.2) is 0 Å². The van der Waals surface area contributed by atoms with Crippen LogP contribution in [0.4, 0.5) is 0 Å². The van der Waals surface area contributed by atoms with Gasteiger partial charge >= 0.3 is 5.69 Å². The number of aryl methyl sites for hydroxylation is 1. The lowest BCUT2D eigenvalue weighted by Gasteiger charge is -2.00. The molecule has 0 atom stereocenters. The Morgan fingerprint density at radius 2 is 1.67 bits per heavy atom. The van der Waals surface area contributed by atoms with Crippen molar-refractivity contribution in [3.8, 4) is 11.3 Å². The minimum Gasteiger partial charge on any atom is -0.307 e. The molecule has 2 rings (SSSR count). The van der Waals surface area contributed by atoms with Crippen molar-refractivity contribution in [2.45, 2.75) is 6.92 Å². The molecule has 4 heteroatoms. The summed E-state index contributed by atoms with van der Waals surface area (Å²) in [6, 6.07) is 8.94. The summed E-state index contributed by atoms with van der Waals surface area (Å²) in [4.78, 5) is 26.8. The lowest BCUT2D eigenvalue weighted by Crippen LogP contribution is -2.21. The molecule has 0 saturated carbocycles. The summed E-state index contributed by atoms with van der Waals surface area (Å²) in [7, 11) is 0. The molecule has 0 bridgehead atoms. The van der Waals surface area contributed by atoms with Gasteiger partial charge in [-0.15, -0.1) is 0 Å². The van der Waals surface area contributed by atoms with Gasteiger partial charge < -0.3 is 4.98 Å². The van der Waals surface area contributed by atoms with Gasteiger partial charge in [-0.3, -0.25) is 9.78 Å². The van der Waals surface area contributed by atoms with Gasteiger partial charge in [-0.1, -0.05) is 29.8 Å². The number of H-pyrrole nitrogens is 2. The van der Waals surface area contributed by atoms with Crippen LogP contribution >= 0.6 is 0 Å². The van der Waals surface area contributed by atoms with Crippen LogP contribution in [0.15, 0.2) is 39.9 Å². The summed E-state index contributed by atoms with van der Waals surface area (Å²) in [6.45, 7) is 1.98. The summed E-state index contributed by atoms with van der Waals surface area (Å²) in [5, 5.41) is 0. The zero-order valence-electron chi connectivity index (χ0n) is 8.20. The molecule has 4 nitrogen and oxygen atoms in total. The van der Waals surface area contributed by atoms with Gasteiger partial charge in [0.2, 0.25) is 0 Å². The standard InChI is InChI=1S/C11H10N2O2/c1-7-2-4-8(5-3-7)9-6-10(14)13-11(15)12-9/h2-6H,1H3,(H2,12,13,14,15). The molecule has 2 N–H and O–H groups in total. The Balaban J connectivity index is 2.59. The predicted octanol–water partition coefficient (Wildman–Crippen LogP) is 1.04. The Kier molecular flexibility index (Phi) is 2.25. The Hall–Kier alpha value is -2.10. The summed E-state index contributed by atoms with van der Waals surface area (Å²) >= 11 is 0. The number of hydrogen-bond acceptors (Lipinski definition) is 2. The summed E-state index contributed by atoms with van der Waals surface area (Å²) < 4.78 is 0. The number of rotatable bonds is 1. The first-order valence-corrected chi connectivity index (χ1v) is 4.56. The van der Waals surface area contributed by atoms with Crippen molar-refractivity contribution >= 4 is 0 Å². The van der Waals surface area contributed by atoms with E-state index in [-0.39, 0.29) is 0 Å². The highest BCUT2D eigenvalue weighted by molar-refractivity contribution is 5.58. The largest absolute Gasteiger partial charge is 0.326 e. The topological polar surface area (TPSA) is 65.7 Å². The van der Waals surface area contributed by atoms with Crippen LogP contribution in [0, 0.1) is 6.92 Å². The second-order valence-corrected chi connectivity index (χ2v) is 3.37. The minimum atomic E-state index is -0.488. The molecule has 0 fully saturated rings. The molecule has 0 spiro atoms. The maximum Gasteiger partial charge on any atom is 0.326 e. The molecule has 0 radical (unpaired) electrons. The van der Waals surface area contributed by atoms with Crippen LogP contribution in [-0.4, -0.2) is 9.97 Å². The van der Waals surface area contributed by atoms with Crippen molar-refractivity contribution in [3.05, 3.63) is 56.7 Å². The molecule has 0 unspecified atom stereocenters. The average Bonchev–Trinajstić information content (AvgIpc) is 2.17. The van der Waals surface area contributed by atoms with Gasteiger partial charge in [0.25, 0.3) is 5.56 Å². The van der Waals surface area contributed by atoms with Crippen molar-refractivity contribution in [3.63, 3.8) is 0 Å². The minimum absolute atomic E-state index is 0.394. The van der Waals surface area contributed by atoms with Crippen LogP contribution < -0.4 is 11.2 Å². The SMILES string of the molecule is Cc1ccc(-c2cc(=O)[nH]c(=O)[nH]2)cc1. The highest BCUT2D eigenvalue weighted by Crippen LogP contribution is 2.14. The zero-order valence-corrected chi connectivity index (χ0v) is 8.20. The monoisotopic (exact) mass is 202 g/mol. The molecule has 1 heterocycles. The van der Waals surface area contributed by atoms with E-state index in [1.54, 1.807) is 0 Å². The van der Waals surface area contributed by atoms with Crippen molar-refractivity contribution in [1.82, 2.24) is 9.97 Å². The van der Waals surface area contributed by atoms with Crippen LogP contribution in [0.25, 0.3) is 11.3 Å². The quantitative estimate of drug-likeness (QED) is 0.725. The smallest absolute Gasteiger partial charge is 0.307 e. The Morgan fingerprint density at radius 1 is 1.00 bits per heavy atom. The number of aromatic amines is 2. The fraction of sp³-hybridized carbons (Fsp3) is 0.0909. The molecular weight excluding hydrogens is 192 g/mol. The Morgan fingerprint density at radius 3 is 2.27 bits per heavy atom. The van der Waals surface area contributed by atoms with E-state index in [0.717, 1.165) is 11.1 Å². The number of aromatic nitrogens is 2. The molecular formula is C11H10N2O2. The molecule has 1 aromatic heterocycles. The Labute approximate surface area is 85.6 Å². The highest BCUT2D eigenvalue weighted by atomic mass is 16.2. The fourth-order valence-corrected chi connectivity index (χ4v) is 1.36. The lowest BCUT2D eigenvalue weighted by atomic mass is 10.1. The van der Waals surface area contributed by atoms with Crippen molar-refractivity contribution < 1.29 is 0 Å². The summed E-state index contributed by atoms with van der Waals surface area (Å²) in [6.07, 6.45) is 0. The number of hydrogen-bond donors (Lipinski definition) is 2. The molecule has 1 aromatic carbocycles. The number of nitrogens with one attached hydrogen (secondary N) is 2. The summed E-state index contributed by atoms with van der Waals surface area (Å²) in [5.41, 5.74) is 1.60. The van der Waals surface area contributed by atoms with Crippen molar-refractivity contribution in [2.75, 3.05) is 0 Å². The van der Waals surface area contributed by atoms with E-state index < -0.39 is 11.2 Å². The first-order valence-electron chi connectivity index (χ1n) is 4.56. The Bertz CT molecular complexity index is 550. The average molecular weight is 202 g/mol. The fourth-order valence-electron chi connectivity index (χ4n) is 1.36. The van der Waals surface area contributed by atoms with Gasteiger partial charge in [-0.2, -0.15) is 0 Å². The molecule has 15 heavy (non-hydrogen) atoms. The van der Waals surface area contributed by atoms with Crippen LogP contribution in [0.1, 0.15) is 5.56 Å². The second-order valence-electron chi connectivity index (χ2n) is 3.37. The van der Waals surface area contributed by atoms with Crippen LogP contribution in [0.2, 0.25) is 0 Å². The third-order valence-corrected chi connectivity index (χ3v) is 2.12. The van der Waals surface area contributed by atoms with E-state index >= 15 is 0 Å². The van der Waals surface area contributed by atoms with Crippen molar-refractivity contribution in [2.24, 2.45) is 0 Å². The van der Waals surface area contributed by atoms with Gasteiger partial charge in [0, 0.05) is 6.07 Å². The van der Waals surface area contributed by atoms with Gasteiger partial charge in [-0.05, 0) is 12.5 Å².